The van der Waals surface area contributed by atoms with E-state index in [9.17, 15) is 5.11 Å². The minimum atomic E-state index is -0.0955. The van der Waals surface area contributed by atoms with Gasteiger partial charge in [0.1, 0.15) is 0 Å². The molecule has 3 heteroatoms. The highest BCUT2D eigenvalue weighted by Gasteiger charge is 2.33. The summed E-state index contributed by atoms with van der Waals surface area (Å²) in [5.41, 5.74) is -0.0955. The molecule has 0 radical (unpaired) electrons. The van der Waals surface area contributed by atoms with Gasteiger partial charge in [0.2, 0.25) is 0 Å². The van der Waals surface area contributed by atoms with E-state index in [-0.39, 0.29) is 12.1 Å². The molecule has 0 bridgehead atoms. The lowest BCUT2D eigenvalue weighted by molar-refractivity contribution is 0.0974. The fraction of sp³-hybridized carbons (Fsp3) is 1.00. The molecule has 0 amide bonds. The van der Waals surface area contributed by atoms with Gasteiger partial charge in [0.05, 0.1) is 12.1 Å². The maximum atomic E-state index is 9.56. The summed E-state index contributed by atoms with van der Waals surface area (Å²) in [6.45, 7) is 8.13. The highest BCUT2D eigenvalue weighted by atomic mass is 16.3. The Labute approximate surface area is 99.2 Å². The topological polar surface area (TPSA) is 35.5 Å². The SMILES string of the molecule is CC1CCN(CC(C)(CO)NC2CC2)CC1. The molecule has 1 atom stereocenters. The van der Waals surface area contributed by atoms with Crippen molar-refractivity contribution in [2.24, 2.45) is 5.92 Å². The number of rotatable bonds is 5. The first-order chi connectivity index (χ1) is 7.61. The second-order valence-corrected chi connectivity index (χ2v) is 6.10. The van der Waals surface area contributed by atoms with Crippen LogP contribution in [0.2, 0.25) is 0 Å². The molecule has 2 aliphatic rings. The Kier molecular flexibility index (Phi) is 3.88. The lowest BCUT2D eigenvalue weighted by atomic mass is 9.96. The van der Waals surface area contributed by atoms with E-state index in [0.29, 0.717) is 6.04 Å². The van der Waals surface area contributed by atoms with Gasteiger partial charge < -0.3 is 15.3 Å². The van der Waals surface area contributed by atoms with Crippen LogP contribution in [0.1, 0.15) is 39.5 Å². The average Bonchev–Trinajstić information content (AvgIpc) is 3.05. The molecule has 1 unspecified atom stereocenters. The Balaban J connectivity index is 1.80. The van der Waals surface area contributed by atoms with Crippen molar-refractivity contribution < 1.29 is 5.11 Å². The molecule has 2 fully saturated rings. The van der Waals surface area contributed by atoms with Gasteiger partial charge in [0.15, 0.2) is 0 Å². The molecular weight excluding hydrogens is 200 g/mol. The summed E-state index contributed by atoms with van der Waals surface area (Å²) in [5, 5.41) is 13.1. The minimum absolute atomic E-state index is 0.0955. The van der Waals surface area contributed by atoms with Crippen molar-refractivity contribution >= 4 is 0 Å². The first-order valence-electron chi connectivity index (χ1n) is 6.72. The van der Waals surface area contributed by atoms with Crippen LogP contribution in [0.15, 0.2) is 0 Å². The number of hydrogen-bond acceptors (Lipinski definition) is 3. The third-order valence-electron chi connectivity index (χ3n) is 3.93. The molecule has 1 saturated carbocycles. The van der Waals surface area contributed by atoms with Gasteiger partial charge in [-0.05, 0) is 51.6 Å². The predicted octanol–water partition coefficient (Wildman–Crippen LogP) is 1.22. The van der Waals surface area contributed by atoms with E-state index in [1.165, 1.54) is 38.8 Å². The number of nitrogens with one attached hydrogen (secondary N) is 1. The van der Waals surface area contributed by atoms with Crippen LogP contribution in [0.4, 0.5) is 0 Å². The number of hydrogen-bond donors (Lipinski definition) is 2. The second kappa shape index (κ2) is 5.03. The number of aliphatic hydroxyl groups excluding tert-OH is 1. The van der Waals surface area contributed by atoms with Crippen LogP contribution in [0.25, 0.3) is 0 Å². The molecule has 16 heavy (non-hydrogen) atoms. The molecule has 94 valence electrons. The molecule has 0 aromatic rings. The van der Waals surface area contributed by atoms with Gasteiger partial charge in [0.25, 0.3) is 0 Å². The summed E-state index contributed by atoms with van der Waals surface area (Å²) in [5.74, 6) is 0.882. The minimum Gasteiger partial charge on any atom is -0.394 e. The van der Waals surface area contributed by atoms with Crippen LogP contribution in [0.3, 0.4) is 0 Å². The van der Waals surface area contributed by atoms with Crippen LogP contribution in [0, 0.1) is 5.92 Å². The lowest BCUT2D eigenvalue weighted by Gasteiger charge is -2.38. The molecule has 0 aromatic heterocycles. The van der Waals surface area contributed by atoms with Gasteiger partial charge in [-0.25, -0.2) is 0 Å². The highest BCUT2D eigenvalue weighted by Crippen LogP contribution is 2.24. The van der Waals surface area contributed by atoms with Crippen LogP contribution in [0.5, 0.6) is 0 Å². The zero-order chi connectivity index (χ0) is 11.6. The van der Waals surface area contributed by atoms with Gasteiger partial charge in [-0.1, -0.05) is 6.92 Å². The standard InChI is InChI=1S/C13H26N2O/c1-11-5-7-15(8-6-11)9-13(2,10-16)14-12-3-4-12/h11-12,14,16H,3-10H2,1-2H3. The molecular formula is C13H26N2O. The quantitative estimate of drug-likeness (QED) is 0.740. The molecule has 2 N–H and O–H groups in total. The Morgan fingerprint density at radius 3 is 2.38 bits per heavy atom. The van der Waals surface area contributed by atoms with Gasteiger partial charge in [-0.2, -0.15) is 0 Å². The van der Waals surface area contributed by atoms with Crippen molar-refractivity contribution in [3.8, 4) is 0 Å². The molecule has 1 heterocycles. The Morgan fingerprint density at radius 1 is 1.25 bits per heavy atom. The van der Waals surface area contributed by atoms with Crippen molar-refractivity contribution in [2.75, 3.05) is 26.2 Å². The van der Waals surface area contributed by atoms with E-state index in [0.717, 1.165) is 12.5 Å². The second-order valence-electron chi connectivity index (χ2n) is 6.10. The fourth-order valence-electron chi connectivity index (χ4n) is 2.58. The maximum Gasteiger partial charge on any atom is 0.0623 e. The molecule has 2 rings (SSSR count). The Hall–Kier alpha value is -0.120. The lowest BCUT2D eigenvalue weighted by Crippen LogP contribution is -2.55. The number of piperidine rings is 1. The maximum absolute atomic E-state index is 9.56. The normalized spacial score (nSPS) is 27.9. The number of nitrogens with zero attached hydrogens (tertiary/aromatic N) is 1. The van der Waals surface area contributed by atoms with Gasteiger partial charge in [-0.15, -0.1) is 0 Å². The fourth-order valence-corrected chi connectivity index (χ4v) is 2.58. The van der Waals surface area contributed by atoms with Gasteiger partial charge >= 0.3 is 0 Å². The summed E-state index contributed by atoms with van der Waals surface area (Å²) < 4.78 is 0. The summed E-state index contributed by atoms with van der Waals surface area (Å²) >= 11 is 0. The van der Waals surface area contributed by atoms with E-state index in [1.807, 2.05) is 0 Å². The molecule has 1 aliphatic carbocycles. The van der Waals surface area contributed by atoms with Crippen LogP contribution in [-0.4, -0.2) is 47.8 Å². The van der Waals surface area contributed by atoms with Gasteiger partial charge in [-0.3, -0.25) is 0 Å². The Bertz CT molecular complexity index is 222. The molecule has 0 aromatic carbocycles. The van der Waals surface area contributed by atoms with Crippen molar-refractivity contribution in [2.45, 2.75) is 51.1 Å². The van der Waals surface area contributed by atoms with E-state index in [4.69, 9.17) is 0 Å². The number of aliphatic hydroxyl groups is 1. The smallest absolute Gasteiger partial charge is 0.0623 e. The van der Waals surface area contributed by atoms with Crippen molar-refractivity contribution in [1.82, 2.24) is 10.2 Å². The summed E-state index contributed by atoms with van der Waals surface area (Å²) in [6.07, 6.45) is 5.19. The first-order valence-corrected chi connectivity index (χ1v) is 6.72. The predicted molar refractivity (Wildman–Crippen MR) is 66.5 cm³/mol. The number of likely N-dealkylation sites (tertiary alicyclic amines) is 1. The van der Waals surface area contributed by atoms with E-state index in [2.05, 4.69) is 24.1 Å². The summed E-state index contributed by atoms with van der Waals surface area (Å²) in [7, 11) is 0. The van der Waals surface area contributed by atoms with Crippen molar-refractivity contribution in [1.29, 1.82) is 0 Å². The van der Waals surface area contributed by atoms with Crippen LogP contribution >= 0.6 is 0 Å². The van der Waals surface area contributed by atoms with Gasteiger partial charge in [0, 0.05) is 12.6 Å². The molecule has 1 saturated heterocycles. The van der Waals surface area contributed by atoms with E-state index < -0.39 is 0 Å². The summed E-state index contributed by atoms with van der Waals surface area (Å²) in [6, 6.07) is 0.667. The molecule has 0 spiro atoms. The van der Waals surface area contributed by atoms with Crippen LogP contribution < -0.4 is 5.32 Å². The van der Waals surface area contributed by atoms with E-state index >= 15 is 0 Å². The highest BCUT2D eigenvalue weighted by molar-refractivity contribution is 4.94. The first kappa shape index (κ1) is 12.3. The third-order valence-corrected chi connectivity index (χ3v) is 3.93. The molecule has 3 nitrogen and oxygen atoms in total. The molecule has 1 aliphatic heterocycles. The largest absolute Gasteiger partial charge is 0.394 e. The van der Waals surface area contributed by atoms with Crippen molar-refractivity contribution in [3.05, 3.63) is 0 Å². The summed E-state index contributed by atoms with van der Waals surface area (Å²) in [4.78, 5) is 2.51. The zero-order valence-electron chi connectivity index (χ0n) is 10.7. The van der Waals surface area contributed by atoms with Crippen LogP contribution in [-0.2, 0) is 0 Å². The monoisotopic (exact) mass is 226 g/mol. The van der Waals surface area contributed by atoms with E-state index in [1.54, 1.807) is 0 Å². The van der Waals surface area contributed by atoms with Crippen molar-refractivity contribution in [3.63, 3.8) is 0 Å². The third kappa shape index (κ3) is 3.44. The average molecular weight is 226 g/mol. The zero-order valence-corrected chi connectivity index (χ0v) is 10.7. The Morgan fingerprint density at radius 2 is 1.88 bits per heavy atom.